The van der Waals surface area contributed by atoms with Crippen molar-refractivity contribution in [2.75, 3.05) is 6.54 Å². The standard InChI is InChI=1S/C17H18N2O3/c1-2-12-14-7-10-3-4-11(16(21)22)8-13(10)19(14)17(9-18-12)6-5-15(17)20/h3-4,7-8,12,18H,2,5-6,9H2,1H3,(H,21,22). The van der Waals surface area contributed by atoms with Crippen LogP contribution in [0.3, 0.4) is 0 Å². The topological polar surface area (TPSA) is 71.3 Å². The number of aromatic nitrogens is 1. The lowest BCUT2D eigenvalue weighted by atomic mass is 9.73. The normalized spacial score (nSPS) is 27.0. The Morgan fingerprint density at radius 1 is 1.45 bits per heavy atom. The van der Waals surface area contributed by atoms with Gasteiger partial charge in [0.1, 0.15) is 5.54 Å². The second kappa shape index (κ2) is 4.43. The Bertz CT molecular complexity index is 808. The molecule has 1 spiro atoms. The van der Waals surface area contributed by atoms with Crippen LogP contribution in [0, 0.1) is 0 Å². The van der Waals surface area contributed by atoms with Gasteiger partial charge in [-0.15, -0.1) is 0 Å². The summed E-state index contributed by atoms with van der Waals surface area (Å²) in [5.41, 5.74) is 1.71. The molecule has 2 atom stereocenters. The first-order valence-corrected chi connectivity index (χ1v) is 7.72. The van der Waals surface area contributed by atoms with Crippen LogP contribution in [0.25, 0.3) is 10.9 Å². The van der Waals surface area contributed by atoms with E-state index in [4.69, 9.17) is 0 Å². The first-order valence-electron chi connectivity index (χ1n) is 7.72. The van der Waals surface area contributed by atoms with Gasteiger partial charge < -0.3 is 15.0 Å². The minimum Gasteiger partial charge on any atom is -0.478 e. The molecular weight excluding hydrogens is 280 g/mol. The molecule has 2 aromatic rings. The van der Waals surface area contributed by atoms with Crippen molar-refractivity contribution in [1.29, 1.82) is 0 Å². The molecule has 2 aliphatic rings. The molecule has 1 aliphatic carbocycles. The summed E-state index contributed by atoms with van der Waals surface area (Å²) in [6.07, 6.45) is 2.37. The predicted molar refractivity (Wildman–Crippen MR) is 82.1 cm³/mol. The summed E-state index contributed by atoms with van der Waals surface area (Å²) >= 11 is 0. The molecule has 5 nitrogen and oxygen atoms in total. The molecule has 1 aromatic carbocycles. The van der Waals surface area contributed by atoms with Crippen LogP contribution in [0.1, 0.15) is 48.3 Å². The van der Waals surface area contributed by atoms with Crippen LogP contribution in [-0.4, -0.2) is 28.0 Å². The average Bonchev–Trinajstić information content (AvgIpc) is 2.91. The molecule has 1 aliphatic heterocycles. The smallest absolute Gasteiger partial charge is 0.335 e. The summed E-state index contributed by atoms with van der Waals surface area (Å²) in [6, 6.07) is 7.47. The highest BCUT2D eigenvalue weighted by Crippen LogP contribution is 2.44. The highest BCUT2D eigenvalue weighted by atomic mass is 16.4. The Kier molecular flexibility index (Phi) is 2.72. The van der Waals surface area contributed by atoms with Gasteiger partial charge in [-0.3, -0.25) is 4.79 Å². The first kappa shape index (κ1) is 13.5. The fourth-order valence-electron chi connectivity index (χ4n) is 3.86. The number of rotatable bonds is 2. The third kappa shape index (κ3) is 1.57. The first-order chi connectivity index (χ1) is 10.6. The number of carbonyl (C=O) groups is 2. The van der Waals surface area contributed by atoms with Gasteiger partial charge in [-0.25, -0.2) is 4.79 Å². The molecule has 2 N–H and O–H groups in total. The van der Waals surface area contributed by atoms with Gasteiger partial charge in [0.05, 0.1) is 11.1 Å². The summed E-state index contributed by atoms with van der Waals surface area (Å²) in [4.78, 5) is 23.6. The number of nitrogens with zero attached hydrogens (tertiary/aromatic N) is 1. The summed E-state index contributed by atoms with van der Waals surface area (Å²) in [6.45, 7) is 2.75. The molecule has 1 saturated carbocycles. The summed E-state index contributed by atoms with van der Waals surface area (Å²) in [5, 5.41) is 13.7. The van der Waals surface area contributed by atoms with Crippen molar-refractivity contribution in [2.24, 2.45) is 0 Å². The predicted octanol–water partition coefficient (Wildman–Crippen LogP) is 2.45. The number of benzene rings is 1. The molecule has 0 bridgehead atoms. The van der Waals surface area contributed by atoms with Crippen molar-refractivity contribution in [1.82, 2.24) is 9.88 Å². The van der Waals surface area contributed by atoms with E-state index in [0.717, 1.165) is 29.4 Å². The molecule has 114 valence electrons. The Labute approximate surface area is 127 Å². The molecule has 0 radical (unpaired) electrons. The van der Waals surface area contributed by atoms with E-state index in [-0.39, 0.29) is 17.4 Å². The molecule has 2 unspecified atom stereocenters. The largest absolute Gasteiger partial charge is 0.478 e. The van der Waals surface area contributed by atoms with Crippen LogP contribution in [0.5, 0.6) is 0 Å². The van der Waals surface area contributed by atoms with Crippen LogP contribution in [-0.2, 0) is 10.3 Å². The monoisotopic (exact) mass is 298 g/mol. The molecule has 22 heavy (non-hydrogen) atoms. The molecule has 1 aromatic heterocycles. The average molecular weight is 298 g/mol. The third-order valence-corrected chi connectivity index (χ3v) is 5.20. The quantitative estimate of drug-likeness (QED) is 0.893. The number of aromatic carboxylic acids is 1. The van der Waals surface area contributed by atoms with Crippen molar-refractivity contribution >= 4 is 22.7 Å². The second-order valence-corrected chi connectivity index (χ2v) is 6.28. The molecule has 5 heteroatoms. The lowest BCUT2D eigenvalue weighted by Gasteiger charge is -2.48. The van der Waals surface area contributed by atoms with E-state index in [9.17, 15) is 14.7 Å². The Balaban J connectivity index is 2.02. The number of hydrogen-bond donors (Lipinski definition) is 2. The zero-order chi connectivity index (χ0) is 15.5. The van der Waals surface area contributed by atoms with E-state index in [1.165, 1.54) is 0 Å². The maximum atomic E-state index is 12.3. The molecule has 0 amide bonds. The molecule has 1 fully saturated rings. The summed E-state index contributed by atoms with van der Waals surface area (Å²) < 4.78 is 2.12. The number of carbonyl (C=O) groups excluding carboxylic acids is 1. The van der Waals surface area contributed by atoms with Crippen molar-refractivity contribution in [3.63, 3.8) is 0 Å². The Morgan fingerprint density at radius 3 is 2.86 bits per heavy atom. The SMILES string of the molecule is CCC1NCC2(CCC2=O)n2c1cc1ccc(C(=O)O)cc12. The number of nitrogens with one attached hydrogen (secondary N) is 1. The van der Waals surface area contributed by atoms with Gasteiger partial charge in [0.15, 0.2) is 5.78 Å². The van der Waals surface area contributed by atoms with E-state index in [1.54, 1.807) is 12.1 Å². The van der Waals surface area contributed by atoms with E-state index >= 15 is 0 Å². The molecule has 0 saturated heterocycles. The molecular formula is C17H18N2O3. The number of carboxylic acids is 1. The van der Waals surface area contributed by atoms with Crippen LogP contribution in [0.2, 0.25) is 0 Å². The number of fused-ring (bicyclic) bond motifs is 4. The maximum absolute atomic E-state index is 12.3. The minimum absolute atomic E-state index is 0.208. The highest BCUT2D eigenvalue weighted by Gasteiger charge is 2.51. The second-order valence-electron chi connectivity index (χ2n) is 6.28. The van der Waals surface area contributed by atoms with Crippen LogP contribution in [0.4, 0.5) is 0 Å². The van der Waals surface area contributed by atoms with Crippen LogP contribution < -0.4 is 5.32 Å². The zero-order valence-corrected chi connectivity index (χ0v) is 12.4. The van der Waals surface area contributed by atoms with Gasteiger partial charge in [-0.05, 0) is 31.0 Å². The summed E-state index contributed by atoms with van der Waals surface area (Å²) in [5.74, 6) is -0.693. The summed E-state index contributed by atoms with van der Waals surface area (Å²) in [7, 11) is 0. The van der Waals surface area contributed by atoms with Crippen molar-refractivity contribution in [3.8, 4) is 0 Å². The van der Waals surface area contributed by atoms with Crippen LogP contribution in [0.15, 0.2) is 24.3 Å². The highest BCUT2D eigenvalue weighted by molar-refractivity contribution is 5.98. The van der Waals surface area contributed by atoms with Gasteiger partial charge >= 0.3 is 5.97 Å². The van der Waals surface area contributed by atoms with E-state index in [0.29, 0.717) is 13.0 Å². The van der Waals surface area contributed by atoms with Gasteiger partial charge in [0, 0.05) is 30.1 Å². The number of ketones is 1. The zero-order valence-electron chi connectivity index (χ0n) is 12.4. The van der Waals surface area contributed by atoms with E-state index < -0.39 is 11.5 Å². The van der Waals surface area contributed by atoms with E-state index in [1.807, 2.05) is 6.07 Å². The minimum atomic E-state index is -0.938. The third-order valence-electron chi connectivity index (χ3n) is 5.20. The number of Topliss-reactive ketones (excluding diaryl/α,β-unsaturated/α-hetero) is 1. The molecule has 4 rings (SSSR count). The van der Waals surface area contributed by atoms with Gasteiger partial charge in [-0.1, -0.05) is 13.0 Å². The van der Waals surface area contributed by atoms with Crippen LogP contribution >= 0.6 is 0 Å². The Morgan fingerprint density at radius 2 is 2.27 bits per heavy atom. The van der Waals surface area contributed by atoms with Gasteiger partial charge in [-0.2, -0.15) is 0 Å². The lowest BCUT2D eigenvalue weighted by molar-refractivity contribution is -0.137. The number of carboxylic acid groups (broad SMARTS) is 1. The fourth-order valence-corrected chi connectivity index (χ4v) is 3.86. The van der Waals surface area contributed by atoms with E-state index in [2.05, 4.69) is 22.9 Å². The maximum Gasteiger partial charge on any atom is 0.335 e. The van der Waals surface area contributed by atoms with Crippen molar-refractivity contribution < 1.29 is 14.7 Å². The number of hydrogen-bond acceptors (Lipinski definition) is 3. The van der Waals surface area contributed by atoms with Crippen molar-refractivity contribution in [2.45, 2.75) is 37.8 Å². The fraction of sp³-hybridized carbons (Fsp3) is 0.412. The van der Waals surface area contributed by atoms with Crippen molar-refractivity contribution in [3.05, 3.63) is 35.5 Å². The lowest BCUT2D eigenvalue weighted by Crippen LogP contribution is -2.60. The van der Waals surface area contributed by atoms with Gasteiger partial charge in [0.25, 0.3) is 0 Å². The molecule has 2 heterocycles. The Hall–Kier alpha value is -2.14. The van der Waals surface area contributed by atoms with Gasteiger partial charge in [0.2, 0.25) is 0 Å².